The summed E-state index contributed by atoms with van der Waals surface area (Å²) < 4.78 is 6.94. The number of morpholine rings is 1. The van der Waals surface area contributed by atoms with Crippen LogP contribution in [0.25, 0.3) is 10.9 Å². The first-order valence-corrected chi connectivity index (χ1v) is 7.29. The molecule has 1 atom stereocenters. The van der Waals surface area contributed by atoms with Crippen LogP contribution in [0, 0.1) is 0 Å². The fourth-order valence-corrected chi connectivity index (χ4v) is 2.73. The maximum atomic E-state index is 12.4. The zero-order chi connectivity index (χ0) is 15.7. The third-order valence-corrected chi connectivity index (χ3v) is 3.97. The lowest BCUT2D eigenvalue weighted by Gasteiger charge is -2.31. The Kier molecular flexibility index (Phi) is 4.04. The van der Waals surface area contributed by atoms with Crippen molar-refractivity contribution in [2.45, 2.75) is 12.6 Å². The first kappa shape index (κ1) is 14.9. The van der Waals surface area contributed by atoms with Crippen LogP contribution in [-0.4, -0.2) is 52.3 Å². The predicted octanol–water partition coefficient (Wildman–Crippen LogP) is 1.61. The van der Waals surface area contributed by atoms with Crippen LogP contribution in [0.5, 0.6) is 0 Å². The molecule has 0 radical (unpaired) electrons. The molecule has 0 saturated carbocycles. The van der Waals surface area contributed by atoms with E-state index in [1.807, 2.05) is 29.0 Å². The minimum absolute atomic E-state index is 0.0775. The maximum absolute atomic E-state index is 12.4. The van der Waals surface area contributed by atoms with Crippen LogP contribution in [0.4, 0.5) is 0 Å². The number of aliphatic carboxylic acids is 1. The largest absolute Gasteiger partial charge is 0.479 e. The molecule has 1 fully saturated rings. The number of aromatic nitrogens is 1. The second-order valence-corrected chi connectivity index (χ2v) is 5.62. The fraction of sp³-hybridized carbons (Fsp3) is 0.333. The van der Waals surface area contributed by atoms with E-state index in [-0.39, 0.29) is 25.6 Å². The number of amides is 1. The molecule has 1 saturated heterocycles. The number of halogens is 1. The van der Waals surface area contributed by atoms with Gasteiger partial charge in [-0.05, 0) is 23.6 Å². The van der Waals surface area contributed by atoms with Gasteiger partial charge in [0.15, 0.2) is 6.10 Å². The summed E-state index contributed by atoms with van der Waals surface area (Å²) in [5.74, 6) is -1.18. The highest BCUT2D eigenvalue weighted by atomic mass is 35.5. The molecule has 2 heterocycles. The van der Waals surface area contributed by atoms with Gasteiger partial charge in [0.1, 0.15) is 6.54 Å². The third kappa shape index (κ3) is 2.93. The molecule has 116 valence electrons. The molecule has 3 rings (SSSR count). The van der Waals surface area contributed by atoms with Crippen LogP contribution in [0.2, 0.25) is 5.02 Å². The van der Waals surface area contributed by atoms with Gasteiger partial charge in [0.25, 0.3) is 0 Å². The van der Waals surface area contributed by atoms with Gasteiger partial charge in [-0.15, -0.1) is 0 Å². The zero-order valence-corrected chi connectivity index (χ0v) is 12.5. The molecule has 0 spiro atoms. The number of carboxylic acid groups (broad SMARTS) is 1. The van der Waals surface area contributed by atoms with Gasteiger partial charge in [0.2, 0.25) is 5.91 Å². The molecule has 6 nitrogen and oxygen atoms in total. The average molecular weight is 323 g/mol. The molecule has 2 aromatic rings. The number of fused-ring (bicyclic) bond motifs is 1. The lowest BCUT2D eigenvalue weighted by Crippen LogP contribution is -2.49. The number of ether oxygens (including phenoxy) is 1. The van der Waals surface area contributed by atoms with E-state index >= 15 is 0 Å². The van der Waals surface area contributed by atoms with Gasteiger partial charge in [-0.3, -0.25) is 4.79 Å². The predicted molar refractivity (Wildman–Crippen MR) is 80.9 cm³/mol. The van der Waals surface area contributed by atoms with Crippen LogP contribution in [-0.2, 0) is 20.9 Å². The normalized spacial score (nSPS) is 18.6. The summed E-state index contributed by atoms with van der Waals surface area (Å²) in [6.07, 6.45) is 0.877. The van der Waals surface area contributed by atoms with E-state index in [4.69, 9.17) is 21.4 Å². The Morgan fingerprint density at radius 3 is 2.95 bits per heavy atom. The van der Waals surface area contributed by atoms with E-state index in [2.05, 4.69) is 0 Å². The standard InChI is InChI=1S/C15H15ClN2O4/c16-11-2-1-10-3-4-17(12(10)7-11)9-14(19)18-5-6-22-13(8-18)15(20)21/h1-4,7,13H,5-6,8-9H2,(H,20,21)/t13-/m1/s1. The van der Waals surface area contributed by atoms with E-state index < -0.39 is 12.1 Å². The van der Waals surface area contributed by atoms with Crippen LogP contribution in [0.1, 0.15) is 0 Å². The monoisotopic (exact) mass is 322 g/mol. The minimum atomic E-state index is -1.05. The molecular weight excluding hydrogens is 308 g/mol. The van der Waals surface area contributed by atoms with Crippen molar-refractivity contribution < 1.29 is 19.4 Å². The van der Waals surface area contributed by atoms with Crippen molar-refractivity contribution in [1.82, 2.24) is 9.47 Å². The number of carbonyl (C=O) groups excluding carboxylic acids is 1. The first-order valence-electron chi connectivity index (χ1n) is 6.91. The smallest absolute Gasteiger partial charge is 0.334 e. The molecule has 1 aliphatic heterocycles. The molecule has 22 heavy (non-hydrogen) atoms. The van der Waals surface area contributed by atoms with E-state index in [1.54, 1.807) is 6.07 Å². The van der Waals surface area contributed by atoms with Gasteiger partial charge in [-0.2, -0.15) is 0 Å². The van der Waals surface area contributed by atoms with Gasteiger partial charge >= 0.3 is 5.97 Å². The first-order chi connectivity index (χ1) is 10.5. The Labute approximate surface area is 131 Å². The maximum Gasteiger partial charge on any atom is 0.334 e. The highest BCUT2D eigenvalue weighted by Crippen LogP contribution is 2.20. The highest BCUT2D eigenvalue weighted by Gasteiger charge is 2.28. The molecule has 1 aromatic carbocycles. The van der Waals surface area contributed by atoms with Gasteiger partial charge < -0.3 is 19.3 Å². The highest BCUT2D eigenvalue weighted by molar-refractivity contribution is 6.31. The summed E-state index contributed by atoms with van der Waals surface area (Å²) in [5.41, 5.74) is 0.879. The summed E-state index contributed by atoms with van der Waals surface area (Å²) >= 11 is 6.00. The van der Waals surface area contributed by atoms with E-state index in [0.29, 0.717) is 11.6 Å². The molecule has 1 aliphatic rings. The van der Waals surface area contributed by atoms with Crippen molar-refractivity contribution in [2.24, 2.45) is 0 Å². The second kappa shape index (κ2) is 5.98. The Balaban J connectivity index is 1.75. The number of benzene rings is 1. The van der Waals surface area contributed by atoms with Crippen molar-refractivity contribution in [3.63, 3.8) is 0 Å². The van der Waals surface area contributed by atoms with Crippen molar-refractivity contribution >= 4 is 34.4 Å². The van der Waals surface area contributed by atoms with E-state index in [9.17, 15) is 9.59 Å². The second-order valence-electron chi connectivity index (χ2n) is 5.18. The topological polar surface area (TPSA) is 71.8 Å². The van der Waals surface area contributed by atoms with Gasteiger partial charge in [-0.1, -0.05) is 17.7 Å². The van der Waals surface area contributed by atoms with E-state index in [0.717, 1.165) is 10.9 Å². The number of carbonyl (C=O) groups is 2. The van der Waals surface area contributed by atoms with Crippen molar-refractivity contribution in [1.29, 1.82) is 0 Å². The molecule has 7 heteroatoms. The number of hydrogen-bond donors (Lipinski definition) is 1. The van der Waals surface area contributed by atoms with Gasteiger partial charge in [0, 0.05) is 23.3 Å². The number of carboxylic acids is 1. The molecule has 1 aromatic heterocycles. The van der Waals surface area contributed by atoms with Crippen LogP contribution in [0.3, 0.4) is 0 Å². The molecule has 0 aliphatic carbocycles. The lowest BCUT2D eigenvalue weighted by atomic mass is 10.2. The van der Waals surface area contributed by atoms with Crippen molar-refractivity contribution in [3.05, 3.63) is 35.5 Å². The van der Waals surface area contributed by atoms with E-state index in [1.165, 1.54) is 4.90 Å². The molecule has 1 N–H and O–H groups in total. The van der Waals surface area contributed by atoms with Crippen LogP contribution in [0.15, 0.2) is 30.5 Å². The van der Waals surface area contributed by atoms with Crippen molar-refractivity contribution in [3.8, 4) is 0 Å². The molecule has 0 unspecified atom stereocenters. The SMILES string of the molecule is O=C(O)[C@H]1CN(C(=O)Cn2ccc3ccc(Cl)cc32)CCO1. The van der Waals surface area contributed by atoms with Gasteiger partial charge in [0.05, 0.1) is 13.2 Å². The summed E-state index contributed by atoms with van der Waals surface area (Å²) in [6, 6.07) is 7.42. The minimum Gasteiger partial charge on any atom is -0.479 e. The average Bonchev–Trinajstić information content (AvgIpc) is 2.89. The zero-order valence-electron chi connectivity index (χ0n) is 11.7. The van der Waals surface area contributed by atoms with Crippen LogP contribution < -0.4 is 0 Å². The lowest BCUT2D eigenvalue weighted by molar-refractivity contribution is -0.159. The third-order valence-electron chi connectivity index (χ3n) is 3.74. The molecule has 1 amide bonds. The van der Waals surface area contributed by atoms with Crippen molar-refractivity contribution in [2.75, 3.05) is 19.7 Å². The summed E-state index contributed by atoms with van der Waals surface area (Å²) in [7, 11) is 0. The molecular formula is C15H15ClN2O4. The Morgan fingerprint density at radius 1 is 1.36 bits per heavy atom. The molecule has 0 bridgehead atoms. The Morgan fingerprint density at radius 2 is 2.18 bits per heavy atom. The summed E-state index contributed by atoms with van der Waals surface area (Å²) in [6.45, 7) is 0.869. The summed E-state index contributed by atoms with van der Waals surface area (Å²) in [5, 5.41) is 10.6. The quantitative estimate of drug-likeness (QED) is 0.932. The van der Waals surface area contributed by atoms with Crippen LogP contribution >= 0.6 is 11.6 Å². The number of hydrogen-bond acceptors (Lipinski definition) is 3. The summed E-state index contributed by atoms with van der Waals surface area (Å²) in [4.78, 5) is 24.9. The fourth-order valence-electron chi connectivity index (χ4n) is 2.57. The number of rotatable bonds is 3. The van der Waals surface area contributed by atoms with Gasteiger partial charge in [-0.25, -0.2) is 4.79 Å². The number of nitrogens with zero attached hydrogens (tertiary/aromatic N) is 2. The Bertz CT molecular complexity index is 727. The Hall–Kier alpha value is -2.05.